The van der Waals surface area contributed by atoms with Crippen LogP contribution in [0.25, 0.3) is 0 Å². The molecule has 1 aliphatic heterocycles. The van der Waals surface area contributed by atoms with Crippen LogP contribution in [-0.2, 0) is 20.0 Å². The summed E-state index contributed by atoms with van der Waals surface area (Å²) < 4.78 is 57.7. The molecule has 7 heteroatoms. The Labute approximate surface area is 127 Å². The number of benzene rings is 2. The highest BCUT2D eigenvalue weighted by Gasteiger charge is 2.46. The minimum atomic E-state index is -3.98. The van der Waals surface area contributed by atoms with Gasteiger partial charge in [0, 0.05) is 6.07 Å². The molecule has 1 fully saturated rings. The van der Waals surface area contributed by atoms with Gasteiger partial charge < -0.3 is 0 Å². The summed E-state index contributed by atoms with van der Waals surface area (Å²) in [5.41, 5.74) is 0.320. The molecule has 1 saturated heterocycles. The number of hydrogen-bond donors (Lipinski definition) is 1. The second-order valence-corrected chi connectivity index (χ2v) is 6.60. The van der Waals surface area contributed by atoms with Crippen molar-refractivity contribution >= 4 is 10.3 Å². The Balaban J connectivity index is 2.22. The maximum atomic E-state index is 13.6. The van der Waals surface area contributed by atoms with Crippen LogP contribution in [0.2, 0.25) is 0 Å². The van der Waals surface area contributed by atoms with Gasteiger partial charge in [-0.1, -0.05) is 29.8 Å². The average molecular weight is 325 g/mol. The Bertz CT molecular complexity index is 801. The molecule has 0 unspecified atom stereocenters. The topological polar surface area (TPSA) is 55.4 Å². The van der Waals surface area contributed by atoms with Gasteiger partial charge >= 0.3 is 10.3 Å². The first-order valence-corrected chi connectivity index (χ1v) is 7.94. The van der Waals surface area contributed by atoms with Gasteiger partial charge in [-0.25, -0.2) is 8.78 Å². The van der Waals surface area contributed by atoms with E-state index in [1.807, 2.05) is 6.92 Å². The summed E-state index contributed by atoms with van der Waals surface area (Å²) in [6.45, 7) is 1.61. The van der Waals surface area contributed by atoms with Crippen molar-refractivity contribution in [3.8, 4) is 0 Å². The fourth-order valence-corrected chi connectivity index (χ4v) is 3.64. The van der Waals surface area contributed by atoms with Crippen LogP contribution in [0.1, 0.15) is 16.7 Å². The molecule has 0 bridgehead atoms. The van der Waals surface area contributed by atoms with Crippen LogP contribution in [0.4, 0.5) is 8.78 Å². The maximum absolute atomic E-state index is 13.6. The van der Waals surface area contributed by atoms with Gasteiger partial charge in [0.2, 0.25) is 0 Å². The van der Waals surface area contributed by atoms with E-state index in [2.05, 4.69) is 4.72 Å². The lowest BCUT2D eigenvalue weighted by Crippen LogP contribution is -2.42. The highest BCUT2D eigenvalue weighted by Crippen LogP contribution is 2.36. The minimum absolute atomic E-state index is 0.148. The van der Waals surface area contributed by atoms with Gasteiger partial charge in [0.25, 0.3) is 0 Å². The zero-order chi connectivity index (χ0) is 16.0. The quantitative estimate of drug-likeness (QED) is 0.922. The standard InChI is InChI=1S/C15H13F2NO3S/c1-10-2-4-11(5-3-10)15(9-21-22(19,20)18-15)12-6-13(16)8-14(17)7-12/h2-8,18H,9H2,1H3/t15-/m1/s1. The monoisotopic (exact) mass is 325 g/mol. The van der Waals surface area contributed by atoms with Crippen LogP contribution < -0.4 is 4.72 Å². The van der Waals surface area contributed by atoms with Gasteiger partial charge in [0.15, 0.2) is 0 Å². The van der Waals surface area contributed by atoms with E-state index in [1.165, 1.54) is 0 Å². The van der Waals surface area contributed by atoms with Crippen molar-refractivity contribution in [2.24, 2.45) is 0 Å². The maximum Gasteiger partial charge on any atom is 0.337 e. The van der Waals surface area contributed by atoms with Crippen molar-refractivity contribution in [2.75, 3.05) is 6.61 Å². The molecule has 0 spiro atoms. The molecule has 2 aromatic carbocycles. The number of hydrogen-bond acceptors (Lipinski definition) is 3. The molecule has 1 N–H and O–H groups in total. The molecular weight excluding hydrogens is 312 g/mol. The molecule has 116 valence electrons. The van der Waals surface area contributed by atoms with Gasteiger partial charge in [0.1, 0.15) is 17.2 Å². The molecule has 1 aliphatic rings. The second kappa shape index (κ2) is 5.12. The lowest BCUT2D eigenvalue weighted by atomic mass is 9.84. The van der Waals surface area contributed by atoms with Gasteiger partial charge in [-0.05, 0) is 30.2 Å². The molecular formula is C15H13F2NO3S. The summed E-state index contributed by atoms with van der Waals surface area (Å²) in [6, 6.07) is 9.92. The fraction of sp³-hybridized carbons (Fsp3) is 0.200. The van der Waals surface area contributed by atoms with Crippen molar-refractivity contribution in [3.63, 3.8) is 0 Å². The summed E-state index contributed by atoms with van der Waals surface area (Å²) >= 11 is 0. The zero-order valence-corrected chi connectivity index (χ0v) is 12.5. The summed E-state index contributed by atoms with van der Waals surface area (Å²) in [6.07, 6.45) is 0. The smallest absolute Gasteiger partial charge is 0.255 e. The molecule has 22 heavy (non-hydrogen) atoms. The highest BCUT2D eigenvalue weighted by atomic mass is 32.2. The first-order valence-electron chi connectivity index (χ1n) is 6.53. The highest BCUT2D eigenvalue weighted by molar-refractivity contribution is 7.85. The van der Waals surface area contributed by atoms with Crippen molar-refractivity contribution in [3.05, 3.63) is 70.8 Å². The normalized spacial score (nSPS) is 23.6. The molecule has 1 atom stereocenters. The Morgan fingerprint density at radius 1 is 1.05 bits per heavy atom. The van der Waals surface area contributed by atoms with E-state index < -0.39 is 27.5 Å². The first-order chi connectivity index (χ1) is 10.3. The van der Waals surface area contributed by atoms with Gasteiger partial charge in [-0.3, -0.25) is 4.18 Å². The van der Waals surface area contributed by atoms with Gasteiger partial charge in [-0.15, -0.1) is 0 Å². The summed E-state index contributed by atoms with van der Waals surface area (Å²) in [5.74, 6) is -1.57. The Hall–Kier alpha value is -1.83. The SMILES string of the molecule is Cc1ccc([C@@]2(c3cc(F)cc(F)c3)COS(=O)(=O)N2)cc1. The second-order valence-electron chi connectivity index (χ2n) is 5.25. The molecule has 0 saturated carbocycles. The summed E-state index contributed by atoms with van der Waals surface area (Å²) in [5, 5.41) is 0. The number of halogens is 2. The zero-order valence-electron chi connectivity index (χ0n) is 11.6. The van der Waals surface area contributed by atoms with E-state index in [-0.39, 0.29) is 12.2 Å². The third-order valence-electron chi connectivity index (χ3n) is 3.63. The molecule has 4 nitrogen and oxygen atoms in total. The number of rotatable bonds is 2. The van der Waals surface area contributed by atoms with Crippen LogP contribution >= 0.6 is 0 Å². The number of aryl methyl sites for hydroxylation is 1. The molecule has 0 aliphatic carbocycles. The van der Waals surface area contributed by atoms with Crippen LogP contribution in [0.5, 0.6) is 0 Å². The van der Waals surface area contributed by atoms with Crippen LogP contribution in [-0.4, -0.2) is 15.0 Å². The molecule has 1 heterocycles. The van der Waals surface area contributed by atoms with E-state index in [0.717, 1.165) is 23.8 Å². The predicted octanol–water partition coefficient (Wildman–Crippen LogP) is 2.38. The van der Waals surface area contributed by atoms with E-state index >= 15 is 0 Å². The van der Waals surface area contributed by atoms with Crippen molar-refractivity contribution < 1.29 is 21.4 Å². The average Bonchev–Trinajstić information content (AvgIpc) is 2.76. The summed E-state index contributed by atoms with van der Waals surface area (Å²) in [7, 11) is -3.98. The minimum Gasteiger partial charge on any atom is -0.255 e. The largest absolute Gasteiger partial charge is 0.337 e. The molecule has 2 aromatic rings. The fourth-order valence-electron chi connectivity index (χ4n) is 2.53. The predicted molar refractivity (Wildman–Crippen MR) is 76.3 cm³/mol. The summed E-state index contributed by atoms with van der Waals surface area (Å²) in [4.78, 5) is 0. The third-order valence-corrected chi connectivity index (χ3v) is 4.66. The first kappa shape index (κ1) is 15.1. The van der Waals surface area contributed by atoms with Crippen LogP contribution in [0.3, 0.4) is 0 Å². The van der Waals surface area contributed by atoms with Gasteiger partial charge in [-0.2, -0.15) is 13.1 Å². The van der Waals surface area contributed by atoms with Crippen molar-refractivity contribution in [1.29, 1.82) is 0 Å². The van der Waals surface area contributed by atoms with Crippen LogP contribution in [0.15, 0.2) is 42.5 Å². The van der Waals surface area contributed by atoms with E-state index in [0.29, 0.717) is 5.56 Å². The lowest BCUT2D eigenvalue weighted by molar-refractivity contribution is 0.299. The van der Waals surface area contributed by atoms with Crippen LogP contribution in [0, 0.1) is 18.6 Å². The Morgan fingerprint density at radius 2 is 1.64 bits per heavy atom. The van der Waals surface area contributed by atoms with Gasteiger partial charge in [0.05, 0.1) is 6.61 Å². The molecule has 0 radical (unpaired) electrons. The third kappa shape index (κ3) is 2.63. The van der Waals surface area contributed by atoms with E-state index in [4.69, 9.17) is 4.18 Å². The lowest BCUT2D eigenvalue weighted by Gasteiger charge is -2.27. The Morgan fingerprint density at radius 3 is 2.14 bits per heavy atom. The van der Waals surface area contributed by atoms with E-state index in [9.17, 15) is 17.2 Å². The Kier molecular flexibility index (Phi) is 3.51. The number of nitrogens with one attached hydrogen (secondary N) is 1. The molecule has 3 rings (SSSR count). The van der Waals surface area contributed by atoms with E-state index in [1.54, 1.807) is 24.3 Å². The van der Waals surface area contributed by atoms with Crippen molar-refractivity contribution in [2.45, 2.75) is 12.5 Å². The molecule has 0 aromatic heterocycles. The molecule has 0 amide bonds. The van der Waals surface area contributed by atoms with Crippen molar-refractivity contribution in [1.82, 2.24) is 4.72 Å².